The standard InChI is InChI=1S/C9H16OS/c1-8(2)4-5-10-6-9(3)7-11/h11H,1,3-7H2,2H3. The van der Waals surface area contributed by atoms with Gasteiger partial charge in [-0.1, -0.05) is 12.2 Å². The lowest BCUT2D eigenvalue weighted by molar-refractivity contribution is 0.160. The summed E-state index contributed by atoms with van der Waals surface area (Å²) in [5.74, 6) is 0.701. The number of ether oxygens (including phenoxy) is 1. The molecule has 0 saturated heterocycles. The van der Waals surface area contributed by atoms with Gasteiger partial charge in [-0.15, -0.1) is 6.58 Å². The molecule has 0 heterocycles. The van der Waals surface area contributed by atoms with Crippen LogP contribution in [0.3, 0.4) is 0 Å². The summed E-state index contributed by atoms with van der Waals surface area (Å²) in [7, 11) is 0. The van der Waals surface area contributed by atoms with Crippen molar-refractivity contribution in [2.75, 3.05) is 19.0 Å². The van der Waals surface area contributed by atoms with Crippen molar-refractivity contribution in [3.63, 3.8) is 0 Å². The van der Waals surface area contributed by atoms with E-state index in [9.17, 15) is 0 Å². The molecule has 0 fully saturated rings. The van der Waals surface area contributed by atoms with E-state index in [2.05, 4.69) is 25.8 Å². The molecular weight excluding hydrogens is 156 g/mol. The Morgan fingerprint density at radius 3 is 2.55 bits per heavy atom. The van der Waals surface area contributed by atoms with Crippen LogP contribution in [-0.4, -0.2) is 19.0 Å². The summed E-state index contributed by atoms with van der Waals surface area (Å²) in [6.07, 6.45) is 0.930. The topological polar surface area (TPSA) is 9.23 Å². The first kappa shape index (κ1) is 10.8. The van der Waals surface area contributed by atoms with Gasteiger partial charge in [0.1, 0.15) is 0 Å². The van der Waals surface area contributed by atoms with Crippen LogP contribution in [0.2, 0.25) is 0 Å². The van der Waals surface area contributed by atoms with Gasteiger partial charge < -0.3 is 4.74 Å². The molecule has 0 aliphatic carbocycles. The second-order valence-corrected chi connectivity index (χ2v) is 2.98. The van der Waals surface area contributed by atoms with Crippen LogP contribution < -0.4 is 0 Å². The van der Waals surface area contributed by atoms with Gasteiger partial charge in [0, 0.05) is 5.75 Å². The molecular formula is C9H16OS. The molecule has 0 aromatic rings. The number of rotatable bonds is 6. The second kappa shape index (κ2) is 6.50. The van der Waals surface area contributed by atoms with Crippen molar-refractivity contribution in [2.45, 2.75) is 13.3 Å². The summed E-state index contributed by atoms with van der Waals surface area (Å²) in [6, 6.07) is 0. The molecule has 11 heavy (non-hydrogen) atoms. The maximum atomic E-state index is 5.29. The SMILES string of the molecule is C=C(C)CCOCC(=C)CS. The Bertz CT molecular complexity index is 140. The van der Waals surface area contributed by atoms with Gasteiger partial charge in [-0.3, -0.25) is 0 Å². The molecule has 0 bridgehead atoms. The summed E-state index contributed by atoms with van der Waals surface area (Å²) in [5, 5.41) is 0. The summed E-state index contributed by atoms with van der Waals surface area (Å²) in [6.45, 7) is 10.9. The predicted octanol–water partition coefficient (Wildman–Crippen LogP) is 2.46. The molecule has 0 atom stereocenters. The third kappa shape index (κ3) is 7.69. The van der Waals surface area contributed by atoms with Crippen molar-refractivity contribution in [1.82, 2.24) is 0 Å². The molecule has 0 aliphatic rings. The highest BCUT2D eigenvalue weighted by atomic mass is 32.1. The Kier molecular flexibility index (Phi) is 6.37. The van der Waals surface area contributed by atoms with Crippen molar-refractivity contribution >= 4 is 12.6 Å². The molecule has 64 valence electrons. The monoisotopic (exact) mass is 172 g/mol. The van der Waals surface area contributed by atoms with Crippen molar-refractivity contribution < 1.29 is 4.74 Å². The van der Waals surface area contributed by atoms with E-state index in [4.69, 9.17) is 4.74 Å². The molecule has 0 unspecified atom stereocenters. The highest BCUT2D eigenvalue weighted by Crippen LogP contribution is 1.98. The Morgan fingerprint density at radius 1 is 1.45 bits per heavy atom. The molecule has 0 aliphatic heterocycles. The van der Waals surface area contributed by atoms with Gasteiger partial charge in [-0.05, 0) is 18.9 Å². The van der Waals surface area contributed by atoms with E-state index >= 15 is 0 Å². The number of hydrogen-bond donors (Lipinski definition) is 1. The molecule has 0 radical (unpaired) electrons. The van der Waals surface area contributed by atoms with E-state index < -0.39 is 0 Å². The first-order chi connectivity index (χ1) is 5.16. The molecule has 0 aromatic heterocycles. The average molecular weight is 172 g/mol. The van der Waals surface area contributed by atoms with Crippen molar-refractivity contribution in [1.29, 1.82) is 0 Å². The first-order valence-corrected chi connectivity index (χ1v) is 4.29. The van der Waals surface area contributed by atoms with Crippen molar-refractivity contribution in [3.8, 4) is 0 Å². The van der Waals surface area contributed by atoms with E-state index in [0.717, 1.165) is 24.2 Å². The minimum absolute atomic E-state index is 0.622. The Balaban J connectivity index is 3.14. The van der Waals surface area contributed by atoms with E-state index in [1.807, 2.05) is 6.92 Å². The maximum Gasteiger partial charge on any atom is 0.0682 e. The van der Waals surface area contributed by atoms with Gasteiger partial charge in [-0.25, -0.2) is 0 Å². The smallest absolute Gasteiger partial charge is 0.0682 e. The van der Waals surface area contributed by atoms with Gasteiger partial charge in [0.05, 0.1) is 13.2 Å². The third-order valence-electron chi connectivity index (χ3n) is 1.20. The van der Waals surface area contributed by atoms with Crippen LogP contribution in [0.5, 0.6) is 0 Å². The predicted molar refractivity (Wildman–Crippen MR) is 53.2 cm³/mol. The Morgan fingerprint density at radius 2 is 2.09 bits per heavy atom. The van der Waals surface area contributed by atoms with Gasteiger partial charge in [-0.2, -0.15) is 12.6 Å². The normalized spacial score (nSPS) is 9.64. The molecule has 1 nitrogen and oxygen atoms in total. The Labute approximate surface area is 74.5 Å². The zero-order valence-corrected chi connectivity index (χ0v) is 7.99. The van der Waals surface area contributed by atoms with Crippen LogP contribution >= 0.6 is 12.6 Å². The fraction of sp³-hybridized carbons (Fsp3) is 0.556. The van der Waals surface area contributed by atoms with Crippen molar-refractivity contribution in [2.24, 2.45) is 0 Å². The summed E-state index contributed by atoms with van der Waals surface area (Å²) in [4.78, 5) is 0. The lowest BCUT2D eigenvalue weighted by atomic mass is 10.3. The largest absolute Gasteiger partial charge is 0.377 e. The van der Waals surface area contributed by atoms with Crippen LogP contribution in [0.25, 0.3) is 0 Å². The molecule has 0 N–H and O–H groups in total. The number of hydrogen-bond acceptors (Lipinski definition) is 2. The van der Waals surface area contributed by atoms with Crippen LogP contribution in [0.1, 0.15) is 13.3 Å². The minimum Gasteiger partial charge on any atom is -0.377 e. The van der Waals surface area contributed by atoms with E-state index in [0.29, 0.717) is 12.4 Å². The molecule has 2 heteroatoms. The molecule has 0 rings (SSSR count). The van der Waals surface area contributed by atoms with Crippen LogP contribution in [-0.2, 0) is 4.74 Å². The fourth-order valence-corrected chi connectivity index (χ4v) is 0.600. The third-order valence-corrected chi connectivity index (χ3v) is 1.65. The minimum atomic E-state index is 0.622. The highest BCUT2D eigenvalue weighted by Gasteiger charge is 1.91. The van der Waals surface area contributed by atoms with E-state index in [1.54, 1.807) is 0 Å². The average Bonchev–Trinajstić information content (AvgIpc) is 1.97. The molecule has 0 amide bonds. The summed E-state index contributed by atoms with van der Waals surface area (Å²) >= 11 is 4.06. The lowest BCUT2D eigenvalue weighted by Crippen LogP contribution is -2.00. The molecule has 0 saturated carbocycles. The fourth-order valence-electron chi connectivity index (χ4n) is 0.509. The first-order valence-electron chi connectivity index (χ1n) is 3.66. The highest BCUT2D eigenvalue weighted by molar-refractivity contribution is 7.80. The van der Waals surface area contributed by atoms with Crippen molar-refractivity contribution in [3.05, 3.63) is 24.3 Å². The van der Waals surface area contributed by atoms with Gasteiger partial charge in [0.15, 0.2) is 0 Å². The zero-order chi connectivity index (χ0) is 8.69. The van der Waals surface area contributed by atoms with Gasteiger partial charge >= 0.3 is 0 Å². The lowest BCUT2D eigenvalue weighted by Gasteiger charge is -2.03. The zero-order valence-electron chi connectivity index (χ0n) is 7.10. The molecule has 0 spiro atoms. The summed E-state index contributed by atoms with van der Waals surface area (Å²) in [5.41, 5.74) is 2.18. The van der Waals surface area contributed by atoms with Crippen LogP contribution in [0, 0.1) is 0 Å². The van der Waals surface area contributed by atoms with E-state index in [1.165, 1.54) is 0 Å². The van der Waals surface area contributed by atoms with Crippen LogP contribution in [0.4, 0.5) is 0 Å². The van der Waals surface area contributed by atoms with E-state index in [-0.39, 0.29) is 0 Å². The number of thiol groups is 1. The Hall–Kier alpha value is -0.210. The second-order valence-electron chi connectivity index (χ2n) is 2.67. The molecule has 0 aromatic carbocycles. The van der Waals surface area contributed by atoms with Gasteiger partial charge in [0.2, 0.25) is 0 Å². The maximum absolute atomic E-state index is 5.29. The summed E-state index contributed by atoms with van der Waals surface area (Å²) < 4.78 is 5.29. The van der Waals surface area contributed by atoms with Gasteiger partial charge in [0.25, 0.3) is 0 Å². The van der Waals surface area contributed by atoms with Crippen LogP contribution in [0.15, 0.2) is 24.3 Å². The quantitative estimate of drug-likeness (QED) is 0.368.